The van der Waals surface area contributed by atoms with Crippen LogP contribution in [0.25, 0.3) is 44.4 Å². The number of halogens is 6. The highest BCUT2D eigenvalue weighted by molar-refractivity contribution is 6.14. The first kappa shape index (κ1) is 18.7. The van der Waals surface area contributed by atoms with E-state index in [0.29, 0.717) is 17.6 Å². The molecule has 0 saturated carbocycles. The van der Waals surface area contributed by atoms with Gasteiger partial charge in [-0.1, -0.05) is 36.4 Å². The van der Waals surface area contributed by atoms with Crippen molar-refractivity contribution in [2.45, 2.75) is 12.4 Å². The topological polar surface area (TPSA) is 12.9 Å². The van der Waals surface area contributed by atoms with Crippen LogP contribution >= 0.6 is 0 Å². The number of fused-ring (bicyclic) bond motifs is 3. The molecular formula is C23H11F6N. The van der Waals surface area contributed by atoms with Gasteiger partial charge in [-0.3, -0.25) is 0 Å². The van der Waals surface area contributed by atoms with Crippen LogP contribution in [0.2, 0.25) is 0 Å². The van der Waals surface area contributed by atoms with E-state index in [1.807, 2.05) is 30.3 Å². The molecule has 1 nitrogen and oxygen atoms in total. The Bertz CT molecular complexity index is 1290. The SMILES string of the molecule is FC(F)(F)c1cc(-c2cc3c4c(cccc4n2)-c2ccccc2-3)cc(C(F)(F)F)c1. The van der Waals surface area contributed by atoms with Crippen molar-refractivity contribution in [3.05, 3.63) is 77.9 Å². The largest absolute Gasteiger partial charge is 0.416 e. The summed E-state index contributed by atoms with van der Waals surface area (Å²) in [5, 5.41) is 0.838. The summed E-state index contributed by atoms with van der Waals surface area (Å²) in [6.45, 7) is 0. The molecule has 150 valence electrons. The van der Waals surface area contributed by atoms with Gasteiger partial charge >= 0.3 is 12.4 Å². The number of hydrogen-bond acceptors (Lipinski definition) is 1. The lowest BCUT2D eigenvalue weighted by Crippen LogP contribution is -2.11. The number of hydrogen-bond donors (Lipinski definition) is 0. The maximum atomic E-state index is 13.3. The quantitative estimate of drug-likeness (QED) is 0.257. The second-order valence-electron chi connectivity index (χ2n) is 7.09. The molecule has 7 heteroatoms. The zero-order valence-electron chi connectivity index (χ0n) is 15.1. The maximum Gasteiger partial charge on any atom is 0.416 e. The molecule has 3 aromatic carbocycles. The third-order valence-corrected chi connectivity index (χ3v) is 5.22. The molecule has 1 aliphatic rings. The Balaban J connectivity index is 1.80. The Morgan fingerprint density at radius 3 is 1.73 bits per heavy atom. The van der Waals surface area contributed by atoms with Crippen LogP contribution in [-0.2, 0) is 12.4 Å². The predicted molar refractivity (Wildman–Crippen MR) is 102 cm³/mol. The standard InChI is InChI=1S/C23H11F6N/c24-22(25,26)13-8-12(9-14(10-13)23(27,28)29)20-11-18-16-5-2-1-4-15(16)17-6-3-7-19(30-20)21(17)18/h1-11H. The Kier molecular flexibility index (Phi) is 3.78. The van der Waals surface area contributed by atoms with E-state index in [1.165, 1.54) is 0 Å². The van der Waals surface area contributed by atoms with Crippen molar-refractivity contribution >= 4 is 10.9 Å². The normalized spacial score (nSPS) is 13.0. The minimum absolute atomic E-state index is 0.0583. The van der Waals surface area contributed by atoms with Crippen LogP contribution in [0.15, 0.2) is 66.7 Å². The molecular weight excluding hydrogens is 404 g/mol. The highest BCUT2D eigenvalue weighted by Crippen LogP contribution is 2.48. The van der Waals surface area contributed by atoms with Crippen LogP contribution in [-0.4, -0.2) is 4.98 Å². The summed E-state index contributed by atoms with van der Waals surface area (Å²) in [4.78, 5) is 4.40. The summed E-state index contributed by atoms with van der Waals surface area (Å²) < 4.78 is 79.6. The lowest BCUT2D eigenvalue weighted by molar-refractivity contribution is -0.143. The zero-order chi connectivity index (χ0) is 21.3. The van der Waals surface area contributed by atoms with Crippen LogP contribution in [0.3, 0.4) is 0 Å². The number of aromatic nitrogens is 1. The molecule has 1 aliphatic carbocycles. The Morgan fingerprint density at radius 2 is 1.13 bits per heavy atom. The van der Waals surface area contributed by atoms with Gasteiger partial charge in [-0.05, 0) is 52.6 Å². The van der Waals surface area contributed by atoms with Crippen LogP contribution in [0, 0.1) is 0 Å². The molecule has 1 heterocycles. The summed E-state index contributed by atoms with van der Waals surface area (Å²) >= 11 is 0. The van der Waals surface area contributed by atoms with E-state index in [-0.39, 0.29) is 17.3 Å². The number of pyridine rings is 1. The van der Waals surface area contributed by atoms with Gasteiger partial charge in [0.05, 0.1) is 22.3 Å². The van der Waals surface area contributed by atoms with Crippen molar-refractivity contribution in [2.75, 3.05) is 0 Å². The van der Waals surface area contributed by atoms with Crippen LogP contribution in [0.4, 0.5) is 26.3 Å². The van der Waals surface area contributed by atoms with Gasteiger partial charge in [-0.15, -0.1) is 0 Å². The number of alkyl halides is 6. The summed E-state index contributed by atoms with van der Waals surface area (Å²) in [5.41, 5.74) is 1.13. The third kappa shape index (κ3) is 2.84. The van der Waals surface area contributed by atoms with Crippen molar-refractivity contribution < 1.29 is 26.3 Å². The Labute approximate surface area is 166 Å². The first-order valence-electron chi connectivity index (χ1n) is 8.96. The molecule has 0 unspecified atom stereocenters. The fourth-order valence-corrected chi connectivity index (χ4v) is 3.93. The average Bonchev–Trinajstić information content (AvgIpc) is 3.02. The van der Waals surface area contributed by atoms with E-state index >= 15 is 0 Å². The zero-order valence-corrected chi connectivity index (χ0v) is 15.1. The summed E-state index contributed by atoms with van der Waals surface area (Å²) in [5.74, 6) is 0. The van der Waals surface area contributed by atoms with Crippen LogP contribution in [0.1, 0.15) is 11.1 Å². The fraction of sp³-hybridized carbons (Fsp3) is 0.0870. The van der Waals surface area contributed by atoms with E-state index in [0.717, 1.165) is 27.6 Å². The smallest absolute Gasteiger partial charge is 0.248 e. The molecule has 0 bridgehead atoms. The van der Waals surface area contributed by atoms with Crippen molar-refractivity contribution in [3.8, 4) is 33.5 Å². The van der Waals surface area contributed by atoms with Gasteiger partial charge in [-0.2, -0.15) is 26.3 Å². The number of nitrogens with zero attached hydrogens (tertiary/aromatic N) is 1. The molecule has 5 rings (SSSR count). The van der Waals surface area contributed by atoms with E-state index < -0.39 is 23.5 Å². The lowest BCUT2D eigenvalue weighted by Gasteiger charge is -2.15. The van der Waals surface area contributed by atoms with Gasteiger partial charge < -0.3 is 0 Å². The molecule has 0 N–H and O–H groups in total. The molecule has 30 heavy (non-hydrogen) atoms. The minimum atomic E-state index is -4.91. The molecule has 4 aromatic rings. The van der Waals surface area contributed by atoms with Gasteiger partial charge in [0.1, 0.15) is 0 Å². The fourth-order valence-electron chi connectivity index (χ4n) is 3.93. The van der Waals surface area contributed by atoms with Gasteiger partial charge in [-0.25, -0.2) is 4.98 Å². The summed E-state index contributed by atoms with van der Waals surface area (Å²) in [6, 6.07) is 16.0. The summed E-state index contributed by atoms with van der Waals surface area (Å²) in [6.07, 6.45) is -9.83. The van der Waals surface area contributed by atoms with E-state index in [9.17, 15) is 26.3 Å². The van der Waals surface area contributed by atoms with Gasteiger partial charge in [0.25, 0.3) is 0 Å². The summed E-state index contributed by atoms with van der Waals surface area (Å²) in [7, 11) is 0. The molecule has 0 saturated heterocycles. The minimum Gasteiger partial charge on any atom is -0.248 e. The molecule has 0 atom stereocenters. The van der Waals surface area contributed by atoms with Crippen molar-refractivity contribution in [3.63, 3.8) is 0 Å². The van der Waals surface area contributed by atoms with Gasteiger partial charge in [0.15, 0.2) is 0 Å². The van der Waals surface area contributed by atoms with Gasteiger partial charge in [0.2, 0.25) is 0 Å². The molecule has 0 amide bonds. The first-order valence-corrected chi connectivity index (χ1v) is 8.96. The second-order valence-corrected chi connectivity index (χ2v) is 7.09. The first-order chi connectivity index (χ1) is 14.1. The molecule has 1 aromatic heterocycles. The van der Waals surface area contributed by atoms with Crippen molar-refractivity contribution in [1.29, 1.82) is 0 Å². The number of rotatable bonds is 1. The maximum absolute atomic E-state index is 13.3. The predicted octanol–water partition coefficient (Wildman–Crippen LogP) is 7.59. The molecule has 0 radical (unpaired) electrons. The second kappa shape index (κ2) is 6.08. The van der Waals surface area contributed by atoms with Gasteiger partial charge in [0, 0.05) is 10.9 Å². The Morgan fingerprint density at radius 1 is 0.567 bits per heavy atom. The molecule has 0 spiro atoms. The highest BCUT2D eigenvalue weighted by atomic mass is 19.4. The van der Waals surface area contributed by atoms with E-state index in [1.54, 1.807) is 18.2 Å². The lowest BCUT2D eigenvalue weighted by atomic mass is 9.99. The third-order valence-electron chi connectivity index (χ3n) is 5.22. The van der Waals surface area contributed by atoms with E-state index in [4.69, 9.17) is 0 Å². The molecule has 0 aliphatic heterocycles. The van der Waals surface area contributed by atoms with Crippen molar-refractivity contribution in [2.24, 2.45) is 0 Å². The van der Waals surface area contributed by atoms with Crippen LogP contribution in [0.5, 0.6) is 0 Å². The highest BCUT2D eigenvalue weighted by Gasteiger charge is 2.37. The van der Waals surface area contributed by atoms with E-state index in [2.05, 4.69) is 4.98 Å². The van der Waals surface area contributed by atoms with Crippen molar-refractivity contribution in [1.82, 2.24) is 4.98 Å². The Hall–Kier alpha value is -3.35. The van der Waals surface area contributed by atoms with Crippen LogP contribution < -0.4 is 0 Å². The monoisotopic (exact) mass is 415 g/mol. The average molecular weight is 415 g/mol. The molecule has 0 fully saturated rings. The number of benzene rings is 3.